The minimum absolute atomic E-state index is 0.569. The molecule has 0 aromatic carbocycles. The number of nitrogens with one attached hydrogen (secondary N) is 2. The first-order valence-electron chi connectivity index (χ1n) is 5.38. The summed E-state index contributed by atoms with van der Waals surface area (Å²) in [5.74, 6) is 1.69. The molecule has 2 aliphatic rings. The van der Waals surface area contributed by atoms with Crippen LogP contribution in [0.5, 0.6) is 0 Å². The molecule has 1 atom stereocenters. The van der Waals surface area contributed by atoms with Crippen molar-refractivity contribution < 1.29 is 0 Å². The molecule has 2 rings (SSSR count). The van der Waals surface area contributed by atoms with Crippen LogP contribution in [0.2, 0.25) is 0 Å². The SMILES string of the molecule is CCCN1N=C(C2CCNC2)NN1C. The first-order valence-corrected chi connectivity index (χ1v) is 5.38. The highest BCUT2D eigenvalue weighted by molar-refractivity contribution is 5.85. The molecule has 5 nitrogen and oxygen atoms in total. The van der Waals surface area contributed by atoms with Crippen LogP contribution in [0.4, 0.5) is 0 Å². The summed E-state index contributed by atoms with van der Waals surface area (Å²) in [6, 6.07) is 0. The van der Waals surface area contributed by atoms with E-state index in [9.17, 15) is 0 Å². The second kappa shape index (κ2) is 4.14. The number of amidine groups is 1. The Morgan fingerprint density at radius 3 is 3.07 bits per heavy atom. The molecule has 14 heavy (non-hydrogen) atoms. The molecule has 0 bridgehead atoms. The first-order chi connectivity index (χ1) is 6.81. The van der Waals surface area contributed by atoms with Gasteiger partial charge in [-0.25, -0.2) is 5.12 Å². The van der Waals surface area contributed by atoms with Crippen molar-refractivity contribution in [3.8, 4) is 0 Å². The van der Waals surface area contributed by atoms with Crippen molar-refractivity contribution in [2.75, 3.05) is 26.7 Å². The van der Waals surface area contributed by atoms with Gasteiger partial charge in [-0.2, -0.15) is 0 Å². The van der Waals surface area contributed by atoms with Gasteiger partial charge < -0.3 is 5.32 Å². The summed E-state index contributed by atoms with van der Waals surface area (Å²) in [5, 5.41) is 11.9. The Labute approximate surface area is 85.1 Å². The summed E-state index contributed by atoms with van der Waals surface area (Å²) in [4.78, 5) is 0. The fourth-order valence-corrected chi connectivity index (χ4v) is 1.90. The molecule has 0 aromatic heterocycles. The van der Waals surface area contributed by atoms with Crippen LogP contribution in [0.1, 0.15) is 19.8 Å². The maximum absolute atomic E-state index is 4.57. The molecule has 1 unspecified atom stereocenters. The largest absolute Gasteiger partial charge is 0.316 e. The number of hydrazine groups is 2. The molecule has 0 aliphatic carbocycles. The second-order valence-electron chi connectivity index (χ2n) is 3.91. The van der Waals surface area contributed by atoms with E-state index < -0.39 is 0 Å². The number of hydrazone groups is 1. The third-order valence-electron chi connectivity index (χ3n) is 2.72. The van der Waals surface area contributed by atoms with Crippen molar-refractivity contribution >= 4 is 5.84 Å². The van der Waals surface area contributed by atoms with Crippen LogP contribution >= 0.6 is 0 Å². The van der Waals surface area contributed by atoms with Gasteiger partial charge in [-0.05, 0) is 19.4 Å². The van der Waals surface area contributed by atoms with Crippen molar-refractivity contribution in [3.63, 3.8) is 0 Å². The summed E-state index contributed by atoms with van der Waals surface area (Å²) in [6.45, 7) is 5.31. The minimum atomic E-state index is 0.569. The summed E-state index contributed by atoms with van der Waals surface area (Å²) in [5.41, 5.74) is 3.30. The number of hydrogen-bond acceptors (Lipinski definition) is 5. The monoisotopic (exact) mass is 197 g/mol. The predicted octanol–water partition coefficient (Wildman–Crippen LogP) is -0.0136. The Morgan fingerprint density at radius 1 is 1.57 bits per heavy atom. The van der Waals surface area contributed by atoms with Gasteiger partial charge in [0.25, 0.3) is 0 Å². The van der Waals surface area contributed by atoms with Crippen molar-refractivity contribution in [1.29, 1.82) is 0 Å². The first kappa shape index (κ1) is 9.73. The number of nitrogens with zero attached hydrogens (tertiary/aromatic N) is 3. The summed E-state index contributed by atoms with van der Waals surface area (Å²) in [6.07, 6.45) is 2.31. The topological polar surface area (TPSA) is 42.9 Å². The highest BCUT2D eigenvalue weighted by Gasteiger charge is 2.27. The lowest BCUT2D eigenvalue weighted by molar-refractivity contribution is -0.000447. The van der Waals surface area contributed by atoms with Crippen molar-refractivity contribution in [2.45, 2.75) is 19.8 Å². The molecule has 80 valence electrons. The predicted molar refractivity (Wildman–Crippen MR) is 56.3 cm³/mol. The van der Waals surface area contributed by atoms with Crippen LogP contribution < -0.4 is 10.7 Å². The number of hydrogen-bond donors (Lipinski definition) is 2. The summed E-state index contributed by atoms with van der Waals surface area (Å²) >= 11 is 0. The zero-order valence-electron chi connectivity index (χ0n) is 8.95. The third kappa shape index (κ3) is 1.83. The van der Waals surface area contributed by atoms with E-state index in [1.807, 2.05) is 17.3 Å². The average Bonchev–Trinajstić information content (AvgIpc) is 2.76. The molecule has 2 N–H and O–H groups in total. The van der Waals surface area contributed by atoms with Crippen LogP contribution in [0.15, 0.2) is 5.10 Å². The second-order valence-corrected chi connectivity index (χ2v) is 3.91. The molecule has 2 aliphatic heterocycles. The van der Waals surface area contributed by atoms with Crippen molar-refractivity contribution in [1.82, 2.24) is 21.0 Å². The maximum Gasteiger partial charge on any atom is 0.144 e. The van der Waals surface area contributed by atoms with Gasteiger partial charge in [0, 0.05) is 19.5 Å². The van der Waals surface area contributed by atoms with Gasteiger partial charge >= 0.3 is 0 Å². The Bertz CT molecular complexity index is 221. The molecule has 0 saturated carbocycles. The van der Waals surface area contributed by atoms with E-state index in [1.54, 1.807) is 0 Å². The molecule has 2 heterocycles. The Kier molecular flexibility index (Phi) is 2.88. The van der Waals surface area contributed by atoms with Crippen LogP contribution in [-0.2, 0) is 0 Å². The van der Waals surface area contributed by atoms with Gasteiger partial charge in [0.05, 0.1) is 6.54 Å². The van der Waals surface area contributed by atoms with Crippen LogP contribution in [0, 0.1) is 5.92 Å². The third-order valence-corrected chi connectivity index (χ3v) is 2.72. The molecule has 5 heteroatoms. The quantitative estimate of drug-likeness (QED) is 0.667. The summed E-state index contributed by atoms with van der Waals surface area (Å²) in [7, 11) is 2.01. The standard InChI is InChI=1S/C9H19N5/c1-3-6-14-12-9(11-13(14)2)8-4-5-10-7-8/h8,10H,3-7H2,1-2H3,(H,11,12). The van der Waals surface area contributed by atoms with Gasteiger partial charge in [0.15, 0.2) is 0 Å². The Balaban J connectivity index is 1.96. The van der Waals surface area contributed by atoms with Crippen molar-refractivity contribution in [2.24, 2.45) is 11.0 Å². The summed E-state index contributed by atoms with van der Waals surface area (Å²) < 4.78 is 0. The van der Waals surface area contributed by atoms with Crippen LogP contribution in [0.3, 0.4) is 0 Å². The van der Waals surface area contributed by atoms with Crippen molar-refractivity contribution in [3.05, 3.63) is 0 Å². The molecular formula is C9H19N5. The molecule has 0 amide bonds. The van der Waals surface area contributed by atoms with E-state index in [0.717, 1.165) is 31.9 Å². The van der Waals surface area contributed by atoms with E-state index in [-0.39, 0.29) is 0 Å². The number of rotatable bonds is 3. The van der Waals surface area contributed by atoms with Gasteiger partial charge in [0.2, 0.25) is 0 Å². The maximum atomic E-state index is 4.57. The van der Waals surface area contributed by atoms with E-state index in [0.29, 0.717) is 5.92 Å². The molecule has 0 spiro atoms. The fraction of sp³-hybridized carbons (Fsp3) is 0.889. The molecular weight excluding hydrogens is 178 g/mol. The van der Waals surface area contributed by atoms with Crippen LogP contribution in [-0.4, -0.2) is 42.8 Å². The fourth-order valence-electron chi connectivity index (χ4n) is 1.90. The molecule has 1 fully saturated rings. The lowest BCUT2D eigenvalue weighted by Crippen LogP contribution is -2.42. The Hall–Kier alpha value is -0.810. The van der Waals surface area contributed by atoms with Gasteiger partial charge in [-0.1, -0.05) is 6.92 Å². The van der Waals surface area contributed by atoms with Gasteiger partial charge in [-0.15, -0.1) is 10.2 Å². The normalized spacial score (nSPS) is 28.0. The van der Waals surface area contributed by atoms with E-state index in [2.05, 4.69) is 22.8 Å². The van der Waals surface area contributed by atoms with Crippen LogP contribution in [0.25, 0.3) is 0 Å². The Morgan fingerprint density at radius 2 is 2.43 bits per heavy atom. The highest BCUT2D eigenvalue weighted by Crippen LogP contribution is 2.14. The van der Waals surface area contributed by atoms with E-state index >= 15 is 0 Å². The lowest BCUT2D eigenvalue weighted by atomic mass is 10.1. The van der Waals surface area contributed by atoms with Gasteiger partial charge in [-0.3, -0.25) is 5.43 Å². The minimum Gasteiger partial charge on any atom is -0.316 e. The molecule has 0 aromatic rings. The van der Waals surface area contributed by atoms with E-state index in [4.69, 9.17) is 0 Å². The zero-order valence-corrected chi connectivity index (χ0v) is 8.95. The smallest absolute Gasteiger partial charge is 0.144 e. The van der Waals surface area contributed by atoms with Gasteiger partial charge in [0.1, 0.15) is 5.84 Å². The molecule has 1 saturated heterocycles. The zero-order chi connectivity index (χ0) is 9.97. The molecule has 0 radical (unpaired) electrons. The highest BCUT2D eigenvalue weighted by atomic mass is 15.9. The average molecular weight is 197 g/mol. The van der Waals surface area contributed by atoms with E-state index in [1.165, 1.54) is 6.42 Å². The lowest BCUT2D eigenvalue weighted by Gasteiger charge is -2.21.